The highest BCUT2D eigenvalue weighted by atomic mass is 16.3. The minimum absolute atomic E-state index is 0.0837. The number of aliphatic imine (C=N–C) groups is 1. The monoisotopic (exact) mass is 278 g/mol. The second-order valence-corrected chi connectivity index (χ2v) is 4.53. The van der Waals surface area contributed by atoms with Crippen LogP contribution in [0.15, 0.2) is 46.1 Å². The van der Waals surface area contributed by atoms with Gasteiger partial charge in [-0.2, -0.15) is 4.98 Å². The van der Waals surface area contributed by atoms with Gasteiger partial charge in [0.05, 0.1) is 6.26 Å². The zero-order valence-corrected chi connectivity index (χ0v) is 10.8. The molecule has 6 heteroatoms. The van der Waals surface area contributed by atoms with Crippen molar-refractivity contribution in [2.45, 2.75) is 0 Å². The Kier molecular flexibility index (Phi) is 2.47. The number of H-pyrrole nitrogens is 1. The lowest BCUT2D eigenvalue weighted by molar-refractivity contribution is 0.455. The molecule has 6 nitrogen and oxygen atoms in total. The molecule has 0 spiro atoms. The van der Waals surface area contributed by atoms with E-state index in [1.165, 1.54) is 0 Å². The summed E-state index contributed by atoms with van der Waals surface area (Å²) in [5, 5.41) is 9.95. The van der Waals surface area contributed by atoms with Crippen molar-refractivity contribution in [3.63, 3.8) is 0 Å². The smallest absolute Gasteiger partial charge is 0.237 e. The number of hydrogen-bond donors (Lipinski definition) is 2. The fourth-order valence-corrected chi connectivity index (χ4v) is 2.20. The molecule has 1 aliphatic rings. The fraction of sp³-hybridized carbons (Fsp3) is 0. The molecule has 0 amide bonds. The number of furan rings is 1. The number of allylic oxidation sites excluding steroid dienone is 1. The largest absolute Gasteiger partial charge is 0.492 e. The fourth-order valence-electron chi connectivity index (χ4n) is 2.20. The summed E-state index contributed by atoms with van der Waals surface area (Å²) in [5.41, 5.74) is 2.29. The molecule has 102 valence electrons. The maximum atomic E-state index is 9.95. The standard InChI is InChI=1S/C15H10N4O2/c20-15-11(18-14(19-15)12-4-2-6-21-12)7-9-8-17-13-10(9)3-1-5-16-13/h1-8,20H,(H,18,19). The van der Waals surface area contributed by atoms with Crippen LogP contribution >= 0.6 is 0 Å². The zero-order chi connectivity index (χ0) is 14.2. The zero-order valence-electron chi connectivity index (χ0n) is 10.8. The molecule has 4 heterocycles. The Morgan fingerprint density at radius 1 is 1.24 bits per heavy atom. The van der Waals surface area contributed by atoms with E-state index >= 15 is 0 Å². The molecule has 3 aromatic rings. The van der Waals surface area contributed by atoms with E-state index in [1.54, 1.807) is 36.9 Å². The summed E-state index contributed by atoms with van der Waals surface area (Å²) in [4.78, 5) is 15.5. The van der Waals surface area contributed by atoms with Gasteiger partial charge in [0.25, 0.3) is 0 Å². The van der Waals surface area contributed by atoms with E-state index in [0.29, 0.717) is 23.1 Å². The Balaban J connectivity index is 1.76. The van der Waals surface area contributed by atoms with E-state index in [-0.39, 0.29) is 5.88 Å². The molecule has 0 bridgehead atoms. The van der Waals surface area contributed by atoms with E-state index in [9.17, 15) is 5.11 Å². The second kappa shape index (κ2) is 4.45. The van der Waals surface area contributed by atoms with Crippen molar-refractivity contribution >= 4 is 23.7 Å². The highest BCUT2D eigenvalue weighted by Gasteiger charge is 2.16. The van der Waals surface area contributed by atoms with Crippen LogP contribution in [-0.2, 0) is 0 Å². The van der Waals surface area contributed by atoms with Crippen molar-refractivity contribution in [2.24, 2.45) is 4.99 Å². The minimum atomic E-state index is -0.0837. The lowest BCUT2D eigenvalue weighted by Gasteiger charge is -1.97. The average molecular weight is 278 g/mol. The second-order valence-electron chi connectivity index (χ2n) is 4.53. The Bertz CT molecular complexity index is 860. The summed E-state index contributed by atoms with van der Waals surface area (Å²) in [5.74, 6) is 1.64. The van der Waals surface area contributed by atoms with Crippen LogP contribution in [0.4, 0.5) is 5.82 Å². The van der Waals surface area contributed by atoms with E-state index in [1.807, 2.05) is 12.1 Å². The summed E-state index contributed by atoms with van der Waals surface area (Å²) in [7, 11) is 0. The molecule has 0 saturated carbocycles. The lowest BCUT2D eigenvalue weighted by Crippen LogP contribution is -1.82. The number of nitrogens with one attached hydrogen (secondary N) is 1. The number of aromatic nitrogens is 3. The number of aromatic amines is 1. The van der Waals surface area contributed by atoms with Gasteiger partial charge < -0.3 is 14.5 Å². The molecule has 0 radical (unpaired) electrons. The van der Waals surface area contributed by atoms with Gasteiger partial charge in [0.1, 0.15) is 5.69 Å². The average Bonchev–Trinajstić information content (AvgIpc) is 3.21. The van der Waals surface area contributed by atoms with Crippen LogP contribution in [0.25, 0.3) is 23.2 Å². The first kappa shape index (κ1) is 11.7. The van der Waals surface area contributed by atoms with Crippen LogP contribution in [0.5, 0.6) is 5.88 Å². The Morgan fingerprint density at radius 3 is 3.05 bits per heavy atom. The van der Waals surface area contributed by atoms with Gasteiger partial charge in [-0.25, -0.2) is 9.98 Å². The first-order valence-electron chi connectivity index (χ1n) is 6.35. The number of pyridine rings is 1. The molecule has 3 aromatic heterocycles. The predicted octanol–water partition coefficient (Wildman–Crippen LogP) is 3.03. The molecular weight excluding hydrogens is 268 g/mol. The van der Waals surface area contributed by atoms with Gasteiger partial charge >= 0.3 is 0 Å². The van der Waals surface area contributed by atoms with Crippen molar-refractivity contribution in [3.05, 3.63) is 48.0 Å². The predicted molar refractivity (Wildman–Crippen MR) is 78.2 cm³/mol. The van der Waals surface area contributed by atoms with Gasteiger partial charge in [0.15, 0.2) is 17.4 Å². The highest BCUT2D eigenvalue weighted by Crippen LogP contribution is 2.32. The molecule has 21 heavy (non-hydrogen) atoms. The van der Waals surface area contributed by atoms with E-state index < -0.39 is 0 Å². The number of imidazole rings is 1. The van der Waals surface area contributed by atoms with Gasteiger partial charge in [-0.05, 0) is 30.3 Å². The van der Waals surface area contributed by atoms with Gasteiger partial charge in [0, 0.05) is 23.5 Å². The molecule has 2 N–H and O–H groups in total. The van der Waals surface area contributed by atoms with Crippen LogP contribution in [0.2, 0.25) is 0 Å². The van der Waals surface area contributed by atoms with Crippen LogP contribution in [0.3, 0.4) is 0 Å². The van der Waals surface area contributed by atoms with Gasteiger partial charge in [-0.15, -0.1) is 0 Å². The molecule has 0 aliphatic carbocycles. The maximum absolute atomic E-state index is 9.95. The third-order valence-electron chi connectivity index (χ3n) is 3.19. The summed E-state index contributed by atoms with van der Waals surface area (Å²) >= 11 is 0. The van der Waals surface area contributed by atoms with Crippen LogP contribution in [0.1, 0.15) is 11.3 Å². The topological polar surface area (TPSA) is 87.3 Å². The van der Waals surface area contributed by atoms with E-state index in [0.717, 1.165) is 11.1 Å². The summed E-state index contributed by atoms with van der Waals surface area (Å²) in [6.07, 6.45) is 6.75. The molecule has 0 aromatic carbocycles. The molecule has 4 rings (SSSR count). The normalized spacial score (nSPS) is 14.8. The number of hydrogen-bond acceptors (Lipinski definition) is 5. The quantitative estimate of drug-likeness (QED) is 0.754. The van der Waals surface area contributed by atoms with E-state index in [2.05, 4.69) is 19.9 Å². The summed E-state index contributed by atoms with van der Waals surface area (Å²) < 4.78 is 5.25. The van der Waals surface area contributed by atoms with Crippen molar-refractivity contribution < 1.29 is 9.52 Å². The minimum Gasteiger partial charge on any atom is -0.492 e. The van der Waals surface area contributed by atoms with Crippen molar-refractivity contribution in [3.8, 4) is 17.5 Å². The van der Waals surface area contributed by atoms with Crippen LogP contribution in [0, 0.1) is 0 Å². The lowest BCUT2D eigenvalue weighted by atomic mass is 10.1. The van der Waals surface area contributed by atoms with Crippen molar-refractivity contribution in [1.29, 1.82) is 0 Å². The van der Waals surface area contributed by atoms with Gasteiger partial charge in [-0.3, -0.25) is 0 Å². The highest BCUT2D eigenvalue weighted by molar-refractivity contribution is 6.20. The van der Waals surface area contributed by atoms with E-state index in [4.69, 9.17) is 4.42 Å². The first-order valence-corrected chi connectivity index (χ1v) is 6.35. The summed E-state index contributed by atoms with van der Waals surface area (Å²) in [6.45, 7) is 0. The molecule has 1 aliphatic heterocycles. The van der Waals surface area contributed by atoms with Gasteiger partial charge in [0.2, 0.25) is 5.88 Å². The molecule has 0 atom stereocenters. The number of rotatable bonds is 2. The van der Waals surface area contributed by atoms with Crippen molar-refractivity contribution in [2.75, 3.05) is 0 Å². The number of aromatic hydroxyl groups is 1. The Hall–Kier alpha value is -3.15. The summed E-state index contributed by atoms with van der Waals surface area (Å²) in [6, 6.07) is 7.31. The number of nitrogens with zero attached hydrogens (tertiary/aromatic N) is 3. The van der Waals surface area contributed by atoms with Crippen molar-refractivity contribution in [1.82, 2.24) is 15.0 Å². The third kappa shape index (κ3) is 1.93. The molecule has 0 saturated heterocycles. The first-order chi connectivity index (χ1) is 10.3. The third-order valence-corrected chi connectivity index (χ3v) is 3.19. The van der Waals surface area contributed by atoms with Gasteiger partial charge in [-0.1, -0.05) is 0 Å². The Morgan fingerprint density at radius 2 is 2.19 bits per heavy atom. The van der Waals surface area contributed by atoms with Crippen LogP contribution < -0.4 is 0 Å². The van der Waals surface area contributed by atoms with Crippen LogP contribution in [-0.4, -0.2) is 26.3 Å². The molecular formula is C15H10N4O2. The maximum Gasteiger partial charge on any atom is 0.237 e. The SMILES string of the molecule is Oc1nc(-c2ccco2)[nH]c1C=C1C=Nc2ncccc21. The molecule has 0 unspecified atom stereocenters. The number of fused-ring (bicyclic) bond motifs is 1. The molecule has 0 fully saturated rings. The Labute approximate surface area is 119 Å².